The van der Waals surface area contributed by atoms with Crippen molar-refractivity contribution in [3.8, 4) is 11.1 Å². The molecule has 0 aromatic heterocycles. The summed E-state index contributed by atoms with van der Waals surface area (Å²) in [5.41, 5.74) is 9.60. The van der Waals surface area contributed by atoms with E-state index in [-0.39, 0.29) is 41.6 Å². The average molecular weight is 733 g/mol. The van der Waals surface area contributed by atoms with Crippen molar-refractivity contribution in [1.29, 1.82) is 0 Å². The van der Waals surface area contributed by atoms with Crippen molar-refractivity contribution in [3.05, 3.63) is 83.7 Å². The lowest BCUT2D eigenvalue weighted by Crippen LogP contribution is -2.54. The highest BCUT2D eigenvalue weighted by molar-refractivity contribution is 6.06. The molecule has 0 aliphatic carbocycles. The van der Waals surface area contributed by atoms with Gasteiger partial charge in [-0.1, -0.05) is 87.9 Å². The van der Waals surface area contributed by atoms with Gasteiger partial charge in [0.25, 0.3) is 0 Å². The van der Waals surface area contributed by atoms with Crippen LogP contribution in [0.4, 0.5) is 4.79 Å². The summed E-state index contributed by atoms with van der Waals surface area (Å²) in [5, 5.41) is 5.56. The van der Waals surface area contributed by atoms with Gasteiger partial charge >= 0.3 is 6.09 Å². The first kappa shape index (κ1) is 38.4. The van der Waals surface area contributed by atoms with Crippen LogP contribution in [0.2, 0.25) is 0 Å². The lowest BCUT2D eigenvalue weighted by molar-refractivity contribution is -0.137. The second kappa shape index (κ2) is 16.4. The van der Waals surface area contributed by atoms with Gasteiger partial charge < -0.3 is 25.2 Å². The predicted molar refractivity (Wildman–Crippen MR) is 213 cm³/mol. The average Bonchev–Trinajstić information content (AvgIpc) is 3.99. The number of nitrogens with zero attached hydrogens (tertiary/aromatic N) is 4. The van der Waals surface area contributed by atoms with Gasteiger partial charge in [-0.3, -0.25) is 24.4 Å². The molecule has 2 aromatic rings. The number of ether oxygens (including phenoxy) is 1. The van der Waals surface area contributed by atoms with Gasteiger partial charge in [0.15, 0.2) is 0 Å². The normalized spacial score (nSPS) is 20.6. The molecule has 0 spiro atoms. The van der Waals surface area contributed by atoms with Crippen LogP contribution in [0.15, 0.2) is 82.6 Å². The molecule has 0 radical (unpaired) electrons. The molecule has 0 saturated carbocycles. The molecule has 11 nitrogen and oxygen atoms in total. The number of methoxy groups -OCH3 is 1. The Morgan fingerprint density at radius 1 is 0.741 bits per heavy atom. The quantitative estimate of drug-likeness (QED) is 0.258. The summed E-state index contributed by atoms with van der Waals surface area (Å²) in [5.74, 6) is -0.490. The number of benzene rings is 2. The summed E-state index contributed by atoms with van der Waals surface area (Å²) >= 11 is 0. The van der Waals surface area contributed by atoms with Crippen molar-refractivity contribution in [1.82, 2.24) is 20.4 Å². The molecular formula is C43H52N6O5. The number of amides is 4. The largest absolute Gasteiger partial charge is 0.453 e. The van der Waals surface area contributed by atoms with Gasteiger partial charge in [0.05, 0.1) is 19.2 Å². The molecule has 4 aliphatic rings. The highest BCUT2D eigenvalue weighted by atomic mass is 16.5. The van der Waals surface area contributed by atoms with Crippen molar-refractivity contribution in [2.45, 2.75) is 91.4 Å². The maximum atomic E-state index is 13.7. The Morgan fingerprint density at radius 2 is 1.24 bits per heavy atom. The number of hydrogen-bond donors (Lipinski definition) is 2. The minimum atomic E-state index is -0.698. The van der Waals surface area contributed by atoms with E-state index >= 15 is 0 Å². The maximum absolute atomic E-state index is 13.7. The lowest BCUT2D eigenvalue weighted by Gasteiger charge is -2.31. The van der Waals surface area contributed by atoms with E-state index in [1.54, 1.807) is 4.90 Å². The molecule has 1 saturated heterocycles. The zero-order valence-corrected chi connectivity index (χ0v) is 32.4. The second-order valence-corrected chi connectivity index (χ2v) is 15.5. The molecule has 4 aliphatic heterocycles. The SMILES string of the molecule is COC(=O)N[C@@H](C(=O)N1CC(C)=C[C@H]1C1=NC=C(c2ccc(-c3ccc(C4=CN=C([C@@H]5CCCN5C(=O)[C@@H](NC(C)=O)C(C)C)C4)cc3)cc2)C1)C(C)C. The standard InChI is InChI=1S/C43H52N6O5/c1-25(2)39(46-28(6)50)41(51)48-18-8-9-37(48)35-20-33(22-44-35)31-14-10-29(11-15-31)30-12-16-32(17-13-30)34-21-36(45-23-34)38-19-27(5)24-49(38)42(52)40(26(3)4)47-43(53)54-7/h10-17,19,22-23,25-26,37-40H,8-9,18,20-21,24H2,1-7H3,(H,46,50)(H,47,53)/t37-,38-,39-,40+/m0/s1. The summed E-state index contributed by atoms with van der Waals surface area (Å²) in [4.78, 5) is 64.2. The molecule has 2 aromatic carbocycles. The third-order valence-electron chi connectivity index (χ3n) is 10.8. The smallest absolute Gasteiger partial charge is 0.407 e. The van der Waals surface area contributed by atoms with Crippen LogP contribution in [0, 0.1) is 11.8 Å². The number of carbonyl (C=O) groups is 4. The summed E-state index contributed by atoms with van der Waals surface area (Å²) in [6.07, 6.45) is 8.41. The summed E-state index contributed by atoms with van der Waals surface area (Å²) in [7, 11) is 1.29. The van der Waals surface area contributed by atoms with E-state index in [2.05, 4.69) is 65.2 Å². The van der Waals surface area contributed by atoms with Gasteiger partial charge in [-0.05, 0) is 65.0 Å². The molecule has 0 unspecified atom stereocenters. The number of hydrogen-bond acceptors (Lipinski definition) is 7. The Morgan fingerprint density at radius 3 is 1.78 bits per heavy atom. The zero-order valence-electron chi connectivity index (χ0n) is 32.4. The first-order chi connectivity index (χ1) is 25.8. The Bertz CT molecular complexity index is 1940. The van der Waals surface area contributed by atoms with Gasteiger partial charge in [0, 0.05) is 56.7 Å². The molecule has 4 amide bonds. The molecule has 4 heterocycles. The molecule has 284 valence electrons. The van der Waals surface area contributed by atoms with Gasteiger partial charge in [0.2, 0.25) is 17.7 Å². The van der Waals surface area contributed by atoms with Crippen molar-refractivity contribution in [2.75, 3.05) is 20.2 Å². The summed E-state index contributed by atoms with van der Waals surface area (Å²) < 4.78 is 4.77. The van der Waals surface area contributed by atoms with Gasteiger partial charge in [-0.2, -0.15) is 0 Å². The maximum Gasteiger partial charge on any atom is 0.407 e. The summed E-state index contributed by atoms with van der Waals surface area (Å²) in [6.45, 7) is 12.4. The molecule has 4 atom stereocenters. The van der Waals surface area contributed by atoms with Crippen LogP contribution in [0.25, 0.3) is 22.3 Å². The summed E-state index contributed by atoms with van der Waals surface area (Å²) in [6, 6.07) is 15.4. The topological polar surface area (TPSA) is 133 Å². The molecule has 6 rings (SSSR count). The fraction of sp³-hybridized carbons (Fsp3) is 0.442. The first-order valence-electron chi connectivity index (χ1n) is 19.0. The van der Waals surface area contributed by atoms with E-state index in [1.165, 1.54) is 14.0 Å². The third-order valence-corrected chi connectivity index (χ3v) is 10.8. The van der Waals surface area contributed by atoms with Crippen molar-refractivity contribution in [2.24, 2.45) is 21.8 Å². The Labute approximate surface area is 318 Å². The zero-order chi connectivity index (χ0) is 38.7. The van der Waals surface area contributed by atoms with Gasteiger partial charge in [0.1, 0.15) is 12.1 Å². The fourth-order valence-corrected chi connectivity index (χ4v) is 7.82. The Balaban J connectivity index is 1.05. The van der Waals surface area contributed by atoms with Crippen LogP contribution in [0.3, 0.4) is 0 Å². The van der Waals surface area contributed by atoms with Crippen LogP contribution in [0.5, 0.6) is 0 Å². The number of carbonyl (C=O) groups excluding carboxylic acids is 4. The lowest BCUT2D eigenvalue weighted by atomic mass is 9.94. The molecule has 1 fully saturated rings. The number of alkyl carbamates (subject to hydrolysis) is 1. The number of likely N-dealkylation sites (tertiary alicyclic amines) is 1. The van der Waals surface area contributed by atoms with Gasteiger partial charge in [-0.25, -0.2) is 4.79 Å². The Kier molecular flexibility index (Phi) is 11.6. The van der Waals surface area contributed by atoms with E-state index in [0.29, 0.717) is 25.9 Å². The van der Waals surface area contributed by atoms with E-state index in [1.807, 2.05) is 51.9 Å². The number of rotatable bonds is 11. The van der Waals surface area contributed by atoms with E-state index in [9.17, 15) is 19.2 Å². The first-order valence-corrected chi connectivity index (χ1v) is 19.0. The third kappa shape index (κ3) is 8.25. The Hall–Kier alpha value is -5.32. The van der Waals surface area contributed by atoms with Crippen molar-refractivity contribution < 1.29 is 23.9 Å². The molecular weight excluding hydrogens is 681 g/mol. The van der Waals surface area contributed by atoms with Crippen molar-refractivity contribution >= 4 is 46.4 Å². The number of nitrogens with one attached hydrogen (secondary N) is 2. The van der Waals surface area contributed by atoms with Crippen LogP contribution >= 0.6 is 0 Å². The highest BCUT2D eigenvalue weighted by Crippen LogP contribution is 2.34. The van der Waals surface area contributed by atoms with E-state index in [0.717, 1.165) is 63.2 Å². The van der Waals surface area contributed by atoms with E-state index < -0.39 is 18.2 Å². The van der Waals surface area contributed by atoms with Crippen LogP contribution < -0.4 is 10.6 Å². The van der Waals surface area contributed by atoms with Gasteiger partial charge in [-0.15, -0.1) is 0 Å². The van der Waals surface area contributed by atoms with Crippen molar-refractivity contribution in [3.63, 3.8) is 0 Å². The predicted octanol–water partition coefficient (Wildman–Crippen LogP) is 6.41. The fourth-order valence-electron chi connectivity index (χ4n) is 7.82. The minimum absolute atomic E-state index is 0.00486. The monoisotopic (exact) mass is 732 g/mol. The molecule has 11 heteroatoms. The van der Waals surface area contributed by atoms with Crippen LogP contribution in [-0.2, 0) is 19.1 Å². The van der Waals surface area contributed by atoms with E-state index in [4.69, 9.17) is 14.7 Å². The molecule has 0 bridgehead atoms. The number of aliphatic imine (C=N–C) groups is 2. The molecule has 2 N–H and O–H groups in total. The minimum Gasteiger partial charge on any atom is -0.453 e. The van der Waals surface area contributed by atoms with Crippen LogP contribution in [0.1, 0.15) is 78.4 Å². The second-order valence-electron chi connectivity index (χ2n) is 15.5. The molecule has 54 heavy (non-hydrogen) atoms. The van der Waals surface area contributed by atoms with Crippen LogP contribution in [-0.4, -0.2) is 89.4 Å². The highest BCUT2D eigenvalue weighted by Gasteiger charge is 2.39. The number of allylic oxidation sites excluding steroid dienone is 2.